The van der Waals surface area contributed by atoms with Gasteiger partial charge < -0.3 is 5.11 Å². The van der Waals surface area contributed by atoms with E-state index in [1.807, 2.05) is 6.07 Å². The number of nitrogens with one attached hydrogen (secondary N) is 1. The first kappa shape index (κ1) is 6.68. The lowest BCUT2D eigenvalue weighted by Crippen LogP contribution is -1.72. The van der Waals surface area contributed by atoms with Gasteiger partial charge in [-0.1, -0.05) is 0 Å². The number of rotatable bonds is 0. The van der Waals surface area contributed by atoms with Gasteiger partial charge in [0.05, 0.1) is 22.5 Å². The maximum atomic E-state index is 9.20. The third-order valence-corrected chi connectivity index (χ3v) is 1.66. The van der Waals surface area contributed by atoms with E-state index in [0.29, 0.717) is 16.5 Å². The summed E-state index contributed by atoms with van der Waals surface area (Å²) in [7, 11) is 0. The molecule has 0 amide bonds. The first-order valence-electron chi connectivity index (χ1n) is 3.38. The smallest absolute Gasteiger partial charge is 0.214 e. The van der Waals surface area contributed by atoms with Crippen LogP contribution in [0.4, 0.5) is 0 Å². The number of aromatic hydroxyl groups is 1. The van der Waals surface area contributed by atoms with Gasteiger partial charge in [-0.25, -0.2) is 5.10 Å². The molecule has 1 aromatic carbocycles. The van der Waals surface area contributed by atoms with Crippen molar-refractivity contribution in [3.8, 4) is 11.9 Å². The monoisotopic (exact) mass is 159 g/mol. The summed E-state index contributed by atoms with van der Waals surface area (Å²) in [5.74, 6) is 0.00194. The summed E-state index contributed by atoms with van der Waals surface area (Å²) >= 11 is 0. The minimum absolute atomic E-state index is 0.00194. The highest BCUT2D eigenvalue weighted by molar-refractivity contribution is 5.84. The third kappa shape index (κ3) is 0.805. The van der Waals surface area contributed by atoms with Gasteiger partial charge in [0.2, 0.25) is 5.88 Å². The van der Waals surface area contributed by atoms with Crippen LogP contribution in [0.5, 0.6) is 5.88 Å². The lowest BCUT2D eigenvalue weighted by atomic mass is 10.2. The molecule has 0 spiro atoms. The van der Waals surface area contributed by atoms with Crippen molar-refractivity contribution < 1.29 is 5.11 Å². The van der Waals surface area contributed by atoms with E-state index in [9.17, 15) is 5.11 Å². The summed E-state index contributed by atoms with van der Waals surface area (Å²) < 4.78 is 0. The molecule has 0 aliphatic carbocycles. The van der Waals surface area contributed by atoms with Crippen molar-refractivity contribution in [2.24, 2.45) is 0 Å². The van der Waals surface area contributed by atoms with E-state index in [2.05, 4.69) is 10.2 Å². The SMILES string of the molecule is N#Cc1ccc2n[nH]c(O)c2c1. The maximum Gasteiger partial charge on any atom is 0.214 e. The Balaban J connectivity index is 2.82. The zero-order valence-electron chi connectivity index (χ0n) is 6.07. The lowest BCUT2D eigenvalue weighted by Gasteiger charge is -1.88. The minimum Gasteiger partial charge on any atom is -0.493 e. The maximum absolute atomic E-state index is 9.20. The Hall–Kier alpha value is -2.02. The van der Waals surface area contributed by atoms with Crippen molar-refractivity contribution in [1.29, 1.82) is 5.26 Å². The first-order chi connectivity index (χ1) is 5.81. The number of hydrogen-bond donors (Lipinski definition) is 2. The molecule has 4 heteroatoms. The summed E-state index contributed by atoms with van der Waals surface area (Å²) in [6.07, 6.45) is 0. The van der Waals surface area contributed by atoms with E-state index in [4.69, 9.17) is 5.26 Å². The molecule has 2 aromatic rings. The predicted octanol–water partition coefficient (Wildman–Crippen LogP) is 1.14. The summed E-state index contributed by atoms with van der Waals surface area (Å²) in [6, 6.07) is 6.91. The highest BCUT2D eigenvalue weighted by atomic mass is 16.3. The largest absolute Gasteiger partial charge is 0.493 e. The number of hydrogen-bond acceptors (Lipinski definition) is 3. The quantitative estimate of drug-likeness (QED) is 0.605. The fraction of sp³-hybridized carbons (Fsp3) is 0. The number of nitriles is 1. The Morgan fingerprint density at radius 1 is 1.50 bits per heavy atom. The average Bonchev–Trinajstić information content (AvgIpc) is 2.47. The van der Waals surface area contributed by atoms with E-state index < -0.39 is 0 Å². The average molecular weight is 159 g/mol. The van der Waals surface area contributed by atoms with Crippen molar-refractivity contribution in [3.05, 3.63) is 23.8 Å². The van der Waals surface area contributed by atoms with Gasteiger partial charge in [-0.2, -0.15) is 10.4 Å². The molecule has 0 atom stereocenters. The Bertz CT molecular complexity index is 467. The molecule has 0 saturated carbocycles. The summed E-state index contributed by atoms with van der Waals surface area (Å²) in [6.45, 7) is 0. The van der Waals surface area contributed by atoms with Crippen LogP contribution in [0.15, 0.2) is 18.2 Å². The molecule has 12 heavy (non-hydrogen) atoms. The van der Waals surface area contributed by atoms with Crippen molar-refractivity contribution >= 4 is 10.9 Å². The third-order valence-electron chi connectivity index (χ3n) is 1.66. The molecule has 2 rings (SSSR count). The van der Waals surface area contributed by atoms with Gasteiger partial charge in [0.25, 0.3) is 0 Å². The molecule has 2 N–H and O–H groups in total. The summed E-state index contributed by atoms with van der Waals surface area (Å²) in [5, 5.41) is 24.6. The van der Waals surface area contributed by atoms with Crippen LogP contribution in [0.25, 0.3) is 10.9 Å². The zero-order valence-corrected chi connectivity index (χ0v) is 6.07. The van der Waals surface area contributed by atoms with Crippen LogP contribution in [-0.4, -0.2) is 15.3 Å². The van der Waals surface area contributed by atoms with E-state index in [1.165, 1.54) is 0 Å². The lowest BCUT2D eigenvalue weighted by molar-refractivity contribution is 0.457. The molecule has 0 saturated heterocycles. The van der Waals surface area contributed by atoms with Crippen LogP contribution in [0.2, 0.25) is 0 Å². The van der Waals surface area contributed by atoms with Crippen LogP contribution in [0.3, 0.4) is 0 Å². The molecule has 0 unspecified atom stereocenters. The van der Waals surface area contributed by atoms with E-state index in [0.717, 1.165) is 0 Å². The molecule has 0 fully saturated rings. The van der Waals surface area contributed by atoms with Crippen LogP contribution < -0.4 is 0 Å². The van der Waals surface area contributed by atoms with Crippen molar-refractivity contribution in [1.82, 2.24) is 10.2 Å². The molecule has 0 aliphatic heterocycles. The normalized spacial score (nSPS) is 9.92. The van der Waals surface area contributed by atoms with Crippen LogP contribution >= 0.6 is 0 Å². The van der Waals surface area contributed by atoms with Gasteiger partial charge in [0.1, 0.15) is 0 Å². The van der Waals surface area contributed by atoms with Crippen LogP contribution in [-0.2, 0) is 0 Å². The Labute approximate surface area is 68.1 Å². The van der Waals surface area contributed by atoms with Crippen molar-refractivity contribution in [2.75, 3.05) is 0 Å². The highest BCUT2D eigenvalue weighted by Crippen LogP contribution is 2.21. The van der Waals surface area contributed by atoms with Gasteiger partial charge >= 0.3 is 0 Å². The van der Waals surface area contributed by atoms with Crippen LogP contribution in [0, 0.1) is 11.3 Å². The molecule has 0 aliphatic rings. The second kappa shape index (κ2) is 2.24. The Morgan fingerprint density at radius 3 is 3.08 bits per heavy atom. The molecule has 0 bridgehead atoms. The Kier molecular flexibility index (Phi) is 1.25. The summed E-state index contributed by atoms with van der Waals surface area (Å²) in [5.41, 5.74) is 1.17. The number of aromatic amines is 1. The highest BCUT2D eigenvalue weighted by Gasteiger charge is 2.03. The predicted molar refractivity (Wildman–Crippen MR) is 42.5 cm³/mol. The van der Waals surface area contributed by atoms with Crippen molar-refractivity contribution in [2.45, 2.75) is 0 Å². The molecular formula is C8H5N3O. The standard InChI is InChI=1S/C8H5N3O/c9-4-5-1-2-7-6(3-5)8(12)11-10-7/h1-3H,(H2,10,11,12). The zero-order chi connectivity index (χ0) is 8.55. The molecule has 1 heterocycles. The number of aromatic nitrogens is 2. The second-order valence-electron chi connectivity index (χ2n) is 2.42. The van der Waals surface area contributed by atoms with E-state index in [1.54, 1.807) is 18.2 Å². The molecule has 0 radical (unpaired) electrons. The molecule has 4 nitrogen and oxygen atoms in total. The van der Waals surface area contributed by atoms with Gasteiger partial charge in [-0.15, -0.1) is 0 Å². The molecular weight excluding hydrogens is 154 g/mol. The van der Waals surface area contributed by atoms with E-state index >= 15 is 0 Å². The second-order valence-corrected chi connectivity index (χ2v) is 2.42. The number of H-pyrrole nitrogens is 1. The first-order valence-corrected chi connectivity index (χ1v) is 3.38. The summed E-state index contributed by atoms with van der Waals surface area (Å²) in [4.78, 5) is 0. The van der Waals surface area contributed by atoms with Gasteiger partial charge in [-0.3, -0.25) is 0 Å². The van der Waals surface area contributed by atoms with Gasteiger partial charge in [0.15, 0.2) is 0 Å². The van der Waals surface area contributed by atoms with Crippen LogP contribution in [0.1, 0.15) is 5.56 Å². The van der Waals surface area contributed by atoms with Gasteiger partial charge in [-0.05, 0) is 18.2 Å². The van der Waals surface area contributed by atoms with Gasteiger partial charge in [0, 0.05) is 0 Å². The Morgan fingerprint density at radius 2 is 2.33 bits per heavy atom. The topological polar surface area (TPSA) is 72.7 Å². The fourth-order valence-electron chi connectivity index (χ4n) is 1.07. The van der Waals surface area contributed by atoms with E-state index in [-0.39, 0.29) is 5.88 Å². The molecule has 1 aromatic heterocycles. The number of benzene rings is 1. The molecule has 58 valence electrons. The number of nitrogens with zero attached hydrogens (tertiary/aromatic N) is 2. The van der Waals surface area contributed by atoms with Crippen molar-refractivity contribution in [3.63, 3.8) is 0 Å². The number of fused-ring (bicyclic) bond motifs is 1. The fourth-order valence-corrected chi connectivity index (χ4v) is 1.07. The minimum atomic E-state index is 0.00194.